The Kier molecular flexibility index (Phi) is 3.79. The van der Waals surface area contributed by atoms with Crippen LogP contribution >= 0.6 is 0 Å². The zero-order valence-corrected chi connectivity index (χ0v) is 7.17. The van der Waals surface area contributed by atoms with Gasteiger partial charge in [0.1, 0.15) is 0 Å². The molecule has 1 N–H and O–H groups in total. The molecular weight excluding hydrogens is 144 g/mol. The highest BCUT2D eigenvalue weighted by Crippen LogP contribution is 1.94. The zero-order chi connectivity index (χ0) is 8.10. The van der Waals surface area contributed by atoms with Crippen LogP contribution in [-0.2, 0) is 9.47 Å². The highest BCUT2D eigenvalue weighted by molar-refractivity contribution is 4.64. The molecule has 1 fully saturated rings. The number of hydrogen-bond donors (Lipinski definition) is 1. The van der Waals surface area contributed by atoms with Crippen molar-refractivity contribution in [1.29, 1.82) is 0 Å². The first-order valence-electron chi connectivity index (χ1n) is 3.88. The molecule has 0 aliphatic carbocycles. The molecule has 4 nitrogen and oxygen atoms in total. The lowest BCUT2D eigenvalue weighted by Crippen LogP contribution is -2.44. The summed E-state index contributed by atoms with van der Waals surface area (Å²) in [6.45, 7) is 2.90. The lowest BCUT2D eigenvalue weighted by Gasteiger charge is -2.20. The fourth-order valence-corrected chi connectivity index (χ4v) is 1.06. The summed E-state index contributed by atoms with van der Waals surface area (Å²) in [6.07, 6.45) is 0. The molecule has 11 heavy (non-hydrogen) atoms. The van der Waals surface area contributed by atoms with Crippen LogP contribution in [-0.4, -0.2) is 51.6 Å². The van der Waals surface area contributed by atoms with Gasteiger partial charge >= 0.3 is 0 Å². The minimum absolute atomic E-state index is 0.299. The normalized spacial score (nSPS) is 22.1. The lowest BCUT2D eigenvalue weighted by molar-refractivity contribution is 0.103. The summed E-state index contributed by atoms with van der Waals surface area (Å²) in [6, 6.07) is 0.299. The Morgan fingerprint density at radius 2 is 1.73 bits per heavy atom. The van der Waals surface area contributed by atoms with E-state index >= 15 is 0 Å². The van der Waals surface area contributed by atoms with Gasteiger partial charge in [-0.05, 0) is 0 Å². The predicted molar refractivity (Wildman–Crippen MR) is 42.2 cm³/mol. The van der Waals surface area contributed by atoms with Gasteiger partial charge in [-0.1, -0.05) is 0 Å². The smallest absolute Gasteiger partial charge is 0.0701 e. The molecule has 0 spiro atoms. The van der Waals surface area contributed by atoms with Crippen LogP contribution in [0.5, 0.6) is 0 Å². The Hall–Kier alpha value is -0.160. The van der Waals surface area contributed by atoms with Gasteiger partial charge < -0.3 is 9.47 Å². The maximum atomic E-state index is 5.29. The maximum absolute atomic E-state index is 5.29. The van der Waals surface area contributed by atoms with E-state index in [1.54, 1.807) is 0 Å². The molecular formula is C7H16N2O2. The molecule has 1 saturated heterocycles. The molecule has 0 amide bonds. The van der Waals surface area contributed by atoms with Gasteiger partial charge in [0.25, 0.3) is 0 Å². The minimum atomic E-state index is 0.299. The molecule has 1 heterocycles. The zero-order valence-electron chi connectivity index (χ0n) is 7.17. The molecule has 4 heteroatoms. The van der Waals surface area contributed by atoms with Crippen LogP contribution in [0.2, 0.25) is 0 Å². The SMILES string of the molecule is CN(C)NC1COCCOC1. The summed E-state index contributed by atoms with van der Waals surface area (Å²) in [5.41, 5.74) is 3.20. The Labute approximate surface area is 67.4 Å². The predicted octanol–water partition coefficient (Wildman–Crippen LogP) is -0.532. The van der Waals surface area contributed by atoms with Crippen molar-refractivity contribution in [2.45, 2.75) is 6.04 Å². The van der Waals surface area contributed by atoms with Crippen LogP contribution in [0.15, 0.2) is 0 Å². The van der Waals surface area contributed by atoms with Crippen LogP contribution in [0.1, 0.15) is 0 Å². The molecule has 0 radical (unpaired) electrons. The topological polar surface area (TPSA) is 33.7 Å². The first kappa shape index (κ1) is 8.93. The minimum Gasteiger partial charge on any atom is -0.377 e. The van der Waals surface area contributed by atoms with E-state index < -0.39 is 0 Å². The Morgan fingerprint density at radius 1 is 1.18 bits per heavy atom. The van der Waals surface area contributed by atoms with Crippen molar-refractivity contribution in [2.24, 2.45) is 0 Å². The Balaban J connectivity index is 2.20. The van der Waals surface area contributed by atoms with E-state index in [0.29, 0.717) is 19.3 Å². The second kappa shape index (κ2) is 4.66. The van der Waals surface area contributed by atoms with Crippen LogP contribution in [0.3, 0.4) is 0 Å². The highest BCUT2D eigenvalue weighted by atomic mass is 16.5. The Morgan fingerprint density at radius 3 is 2.18 bits per heavy atom. The molecule has 66 valence electrons. The molecule has 0 saturated carbocycles. The number of rotatable bonds is 2. The number of ether oxygens (including phenoxy) is 2. The molecule has 0 aromatic heterocycles. The third-order valence-corrected chi connectivity index (χ3v) is 1.45. The third kappa shape index (κ3) is 3.67. The molecule has 0 bridgehead atoms. The average molecular weight is 160 g/mol. The molecule has 1 rings (SSSR count). The quantitative estimate of drug-likeness (QED) is 0.550. The van der Waals surface area contributed by atoms with Crippen molar-refractivity contribution < 1.29 is 9.47 Å². The van der Waals surface area contributed by atoms with Crippen molar-refractivity contribution in [3.05, 3.63) is 0 Å². The van der Waals surface area contributed by atoms with E-state index in [1.165, 1.54) is 0 Å². The van der Waals surface area contributed by atoms with E-state index in [-0.39, 0.29) is 0 Å². The monoisotopic (exact) mass is 160 g/mol. The highest BCUT2D eigenvalue weighted by Gasteiger charge is 2.12. The van der Waals surface area contributed by atoms with Gasteiger partial charge in [-0.2, -0.15) is 0 Å². The van der Waals surface area contributed by atoms with E-state index in [9.17, 15) is 0 Å². The van der Waals surface area contributed by atoms with Gasteiger partial charge in [-0.3, -0.25) is 5.01 Å². The summed E-state index contributed by atoms with van der Waals surface area (Å²) >= 11 is 0. The number of hydrazine groups is 1. The molecule has 0 aromatic carbocycles. The summed E-state index contributed by atoms with van der Waals surface area (Å²) in [7, 11) is 3.93. The Bertz CT molecular complexity index is 101. The average Bonchev–Trinajstić information content (AvgIpc) is 2.14. The summed E-state index contributed by atoms with van der Waals surface area (Å²) < 4.78 is 10.6. The number of nitrogens with one attached hydrogen (secondary N) is 1. The first-order chi connectivity index (χ1) is 5.29. The largest absolute Gasteiger partial charge is 0.377 e. The van der Waals surface area contributed by atoms with Crippen molar-refractivity contribution in [2.75, 3.05) is 40.5 Å². The van der Waals surface area contributed by atoms with Gasteiger partial charge in [0.15, 0.2) is 0 Å². The van der Waals surface area contributed by atoms with Crippen LogP contribution < -0.4 is 5.43 Å². The molecule has 0 unspecified atom stereocenters. The van der Waals surface area contributed by atoms with Crippen LogP contribution in [0, 0.1) is 0 Å². The van der Waals surface area contributed by atoms with Crippen molar-refractivity contribution in [1.82, 2.24) is 10.4 Å². The van der Waals surface area contributed by atoms with Gasteiger partial charge in [-0.25, -0.2) is 5.43 Å². The van der Waals surface area contributed by atoms with E-state index in [2.05, 4.69) is 5.43 Å². The number of hydrogen-bond acceptors (Lipinski definition) is 4. The first-order valence-corrected chi connectivity index (χ1v) is 3.88. The summed E-state index contributed by atoms with van der Waals surface area (Å²) in [5, 5.41) is 1.92. The van der Waals surface area contributed by atoms with E-state index in [1.807, 2.05) is 19.1 Å². The van der Waals surface area contributed by atoms with Crippen molar-refractivity contribution in [3.63, 3.8) is 0 Å². The molecule has 1 aliphatic heterocycles. The van der Waals surface area contributed by atoms with Gasteiger partial charge in [0, 0.05) is 14.1 Å². The van der Waals surface area contributed by atoms with Gasteiger partial charge in [-0.15, -0.1) is 0 Å². The van der Waals surface area contributed by atoms with Crippen LogP contribution in [0.25, 0.3) is 0 Å². The lowest BCUT2D eigenvalue weighted by atomic mass is 10.3. The van der Waals surface area contributed by atoms with Crippen LogP contribution in [0.4, 0.5) is 0 Å². The molecule has 1 aliphatic rings. The molecule has 0 aromatic rings. The van der Waals surface area contributed by atoms with Gasteiger partial charge in [0.05, 0.1) is 32.5 Å². The second-order valence-electron chi connectivity index (χ2n) is 2.87. The third-order valence-electron chi connectivity index (χ3n) is 1.45. The van der Waals surface area contributed by atoms with E-state index in [4.69, 9.17) is 9.47 Å². The number of nitrogens with zero attached hydrogens (tertiary/aromatic N) is 1. The van der Waals surface area contributed by atoms with E-state index in [0.717, 1.165) is 13.2 Å². The second-order valence-corrected chi connectivity index (χ2v) is 2.87. The molecule has 0 atom stereocenters. The summed E-state index contributed by atoms with van der Waals surface area (Å²) in [4.78, 5) is 0. The fourth-order valence-electron chi connectivity index (χ4n) is 1.06. The fraction of sp³-hybridized carbons (Fsp3) is 1.00. The van der Waals surface area contributed by atoms with Crippen molar-refractivity contribution in [3.8, 4) is 0 Å². The van der Waals surface area contributed by atoms with Gasteiger partial charge in [0.2, 0.25) is 0 Å². The summed E-state index contributed by atoms with van der Waals surface area (Å²) in [5.74, 6) is 0. The van der Waals surface area contributed by atoms with Crippen molar-refractivity contribution >= 4 is 0 Å². The standard InChI is InChI=1S/C7H16N2O2/c1-9(2)8-7-5-10-3-4-11-6-7/h7-8H,3-6H2,1-2H3. The maximum Gasteiger partial charge on any atom is 0.0701 e.